The molecule has 0 radical (unpaired) electrons. The summed E-state index contributed by atoms with van der Waals surface area (Å²) in [6.07, 6.45) is 0. The number of aryl methyl sites for hydroxylation is 1. The normalized spacial score (nSPS) is 16.1. The molecule has 3 aromatic rings. The van der Waals surface area contributed by atoms with Crippen LogP contribution in [-0.2, 0) is 16.6 Å². The highest BCUT2D eigenvalue weighted by molar-refractivity contribution is 7.89. The minimum absolute atomic E-state index is 0.169. The summed E-state index contributed by atoms with van der Waals surface area (Å²) in [6, 6.07) is 12.7. The number of nitrogens with zero attached hydrogens (tertiary/aromatic N) is 3. The molecule has 1 aliphatic rings. The molecule has 0 amide bonds. The van der Waals surface area contributed by atoms with Gasteiger partial charge in [-0.05, 0) is 44.3 Å². The van der Waals surface area contributed by atoms with E-state index in [1.807, 2.05) is 44.3 Å². The van der Waals surface area contributed by atoms with Gasteiger partial charge in [-0.15, -0.1) is 0 Å². The molecule has 6 nitrogen and oxygen atoms in total. The molecule has 0 atom stereocenters. The zero-order valence-corrected chi connectivity index (χ0v) is 16.8. The van der Waals surface area contributed by atoms with Crippen molar-refractivity contribution in [3.63, 3.8) is 0 Å². The summed E-state index contributed by atoms with van der Waals surface area (Å²) >= 11 is 6.01. The minimum Gasteiger partial charge on any atom is -0.341 e. The number of sulfonamides is 1. The van der Waals surface area contributed by atoms with Crippen LogP contribution in [0.2, 0.25) is 5.02 Å². The summed E-state index contributed by atoms with van der Waals surface area (Å²) in [6.45, 7) is 3.53. The molecule has 0 spiro atoms. The Bertz CT molecular complexity index is 1070. The van der Waals surface area contributed by atoms with Crippen LogP contribution in [0.3, 0.4) is 0 Å². The van der Waals surface area contributed by atoms with Crippen LogP contribution in [0.5, 0.6) is 0 Å². The van der Waals surface area contributed by atoms with Crippen molar-refractivity contribution in [1.29, 1.82) is 0 Å². The number of benzene rings is 2. The number of likely N-dealkylation sites (N-methyl/N-ethyl adjacent to an activating group) is 1. The number of aromatic amines is 1. The van der Waals surface area contributed by atoms with Crippen molar-refractivity contribution in [3.05, 3.63) is 58.9 Å². The Morgan fingerprint density at radius 1 is 1.22 bits per heavy atom. The van der Waals surface area contributed by atoms with Gasteiger partial charge in [0.05, 0.1) is 22.5 Å². The van der Waals surface area contributed by atoms with Crippen LogP contribution in [0.15, 0.2) is 47.4 Å². The molecule has 1 saturated heterocycles. The van der Waals surface area contributed by atoms with Gasteiger partial charge in [-0.1, -0.05) is 29.3 Å². The Hall–Kier alpha value is -1.93. The van der Waals surface area contributed by atoms with Gasteiger partial charge < -0.3 is 4.98 Å². The molecule has 1 N–H and O–H groups in total. The molecule has 0 unspecified atom stereocenters. The second kappa shape index (κ2) is 6.91. The van der Waals surface area contributed by atoms with E-state index in [0.717, 1.165) is 22.4 Å². The van der Waals surface area contributed by atoms with E-state index in [1.54, 1.807) is 12.1 Å². The topological polar surface area (TPSA) is 69.3 Å². The first-order valence-corrected chi connectivity index (χ1v) is 10.6. The standard InChI is InChI=1S/C19H21ClN4O2S/c1-13-3-6-16(7-4-13)27(25,26)24-10-15(11-24)23(2)12-19-21-17-8-5-14(20)9-18(17)22-19/h3-9,15H,10-12H2,1-2H3,(H,21,22). The Morgan fingerprint density at radius 2 is 1.93 bits per heavy atom. The van der Waals surface area contributed by atoms with Crippen molar-refractivity contribution >= 4 is 32.7 Å². The Labute approximate surface area is 163 Å². The van der Waals surface area contributed by atoms with Crippen molar-refractivity contribution in [1.82, 2.24) is 19.2 Å². The van der Waals surface area contributed by atoms with Crippen molar-refractivity contribution in [2.75, 3.05) is 20.1 Å². The summed E-state index contributed by atoms with van der Waals surface area (Å²) in [5, 5.41) is 0.669. The van der Waals surface area contributed by atoms with Gasteiger partial charge in [0.1, 0.15) is 5.82 Å². The second-order valence-electron chi connectivity index (χ2n) is 7.05. The lowest BCUT2D eigenvalue weighted by Gasteiger charge is -2.42. The van der Waals surface area contributed by atoms with E-state index in [-0.39, 0.29) is 6.04 Å². The van der Waals surface area contributed by atoms with Gasteiger partial charge >= 0.3 is 0 Å². The van der Waals surface area contributed by atoms with E-state index in [9.17, 15) is 8.42 Å². The maximum absolute atomic E-state index is 12.7. The van der Waals surface area contributed by atoms with Gasteiger partial charge in [-0.3, -0.25) is 4.90 Å². The maximum Gasteiger partial charge on any atom is 0.243 e. The van der Waals surface area contributed by atoms with Crippen LogP contribution in [0, 0.1) is 6.92 Å². The first kappa shape index (κ1) is 18.4. The van der Waals surface area contributed by atoms with Crippen molar-refractivity contribution in [3.8, 4) is 0 Å². The number of hydrogen-bond acceptors (Lipinski definition) is 4. The lowest BCUT2D eigenvalue weighted by atomic mass is 10.1. The summed E-state index contributed by atoms with van der Waals surface area (Å²) in [7, 11) is -1.43. The fourth-order valence-corrected chi connectivity index (χ4v) is 4.91. The van der Waals surface area contributed by atoms with Crippen LogP contribution >= 0.6 is 11.6 Å². The zero-order chi connectivity index (χ0) is 19.2. The van der Waals surface area contributed by atoms with Crippen molar-refractivity contribution in [2.24, 2.45) is 0 Å². The third-order valence-corrected chi connectivity index (χ3v) is 7.08. The average molecular weight is 405 g/mol. The van der Waals surface area contributed by atoms with Crippen LogP contribution in [-0.4, -0.2) is 53.8 Å². The molecular weight excluding hydrogens is 384 g/mol. The third-order valence-electron chi connectivity index (χ3n) is 5.00. The second-order valence-corrected chi connectivity index (χ2v) is 9.42. The number of aromatic nitrogens is 2. The van der Waals surface area contributed by atoms with Crippen molar-refractivity contribution < 1.29 is 8.42 Å². The Kier molecular flexibility index (Phi) is 4.71. The number of hydrogen-bond donors (Lipinski definition) is 1. The minimum atomic E-state index is -3.42. The maximum atomic E-state index is 12.7. The van der Waals surface area contributed by atoms with E-state index in [0.29, 0.717) is 29.6 Å². The first-order valence-electron chi connectivity index (χ1n) is 8.74. The number of imidazole rings is 1. The van der Waals surface area contributed by atoms with E-state index in [1.165, 1.54) is 4.31 Å². The lowest BCUT2D eigenvalue weighted by Crippen LogP contribution is -2.59. The molecule has 0 bridgehead atoms. The predicted molar refractivity (Wildman–Crippen MR) is 106 cm³/mol. The molecule has 1 fully saturated rings. The van der Waals surface area contributed by atoms with E-state index in [2.05, 4.69) is 14.9 Å². The summed E-state index contributed by atoms with van der Waals surface area (Å²) in [5.41, 5.74) is 2.82. The molecule has 8 heteroatoms. The van der Waals surface area contributed by atoms with Gasteiger partial charge in [-0.2, -0.15) is 4.31 Å². The molecular formula is C19H21ClN4O2S. The fourth-order valence-electron chi connectivity index (χ4n) is 3.23. The molecule has 0 saturated carbocycles. The molecule has 0 aliphatic carbocycles. The number of rotatable bonds is 5. The summed E-state index contributed by atoms with van der Waals surface area (Å²) < 4.78 is 26.9. The largest absolute Gasteiger partial charge is 0.341 e. The molecule has 2 heterocycles. The monoisotopic (exact) mass is 404 g/mol. The highest BCUT2D eigenvalue weighted by Crippen LogP contribution is 2.25. The van der Waals surface area contributed by atoms with E-state index < -0.39 is 10.0 Å². The van der Waals surface area contributed by atoms with Crippen LogP contribution < -0.4 is 0 Å². The van der Waals surface area contributed by atoms with Crippen LogP contribution in [0.1, 0.15) is 11.4 Å². The fraction of sp³-hybridized carbons (Fsp3) is 0.316. The predicted octanol–water partition coefficient (Wildman–Crippen LogP) is 3.03. The highest BCUT2D eigenvalue weighted by atomic mass is 35.5. The first-order chi connectivity index (χ1) is 12.8. The third kappa shape index (κ3) is 3.60. The van der Waals surface area contributed by atoms with Crippen LogP contribution in [0.25, 0.3) is 11.0 Å². The summed E-state index contributed by atoms with van der Waals surface area (Å²) in [4.78, 5) is 10.3. The van der Waals surface area contributed by atoms with Gasteiger partial charge in [0.15, 0.2) is 0 Å². The quantitative estimate of drug-likeness (QED) is 0.709. The Balaban J connectivity index is 1.40. The Morgan fingerprint density at radius 3 is 2.63 bits per heavy atom. The molecule has 1 aliphatic heterocycles. The molecule has 4 rings (SSSR count). The van der Waals surface area contributed by atoms with Gasteiger partial charge in [-0.25, -0.2) is 13.4 Å². The smallest absolute Gasteiger partial charge is 0.243 e. The molecule has 142 valence electrons. The molecule has 1 aromatic heterocycles. The number of halogens is 1. The van der Waals surface area contributed by atoms with Gasteiger partial charge in [0.25, 0.3) is 0 Å². The van der Waals surface area contributed by atoms with Crippen molar-refractivity contribution in [2.45, 2.75) is 24.4 Å². The molecule has 27 heavy (non-hydrogen) atoms. The number of fused-ring (bicyclic) bond motifs is 1. The van der Waals surface area contributed by atoms with Crippen LogP contribution in [0.4, 0.5) is 0 Å². The van der Waals surface area contributed by atoms with E-state index >= 15 is 0 Å². The number of nitrogens with one attached hydrogen (secondary N) is 1. The van der Waals surface area contributed by atoms with Gasteiger partial charge in [0.2, 0.25) is 10.0 Å². The van der Waals surface area contributed by atoms with E-state index in [4.69, 9.17) is 11.6 Å². The zero-order valence-electron chi connectivity index (χ0n) is 15.2. The SMILES string of the molecule is Cc1ccc(S(=O)(=O)N2CC(N(C)Cc3nc4ccc(Cl)cc4[nH]3)C2)cc1. The van der Waals surface area contributed by atoms with Gasteiger partial charge in [0, 0.05) is 24.2 Å². The lowest BCUT2D eigenvalue weighted by molar-refractivity contribution is 0.104. The highest BCUT2D eigenvalue weighted by Gasteiger charge is 2.38. The molecule has 2 aromatic carbocycles. The number of H-pyrrole nitrogens is 1. The summed E-state index contributed by atoms with van der Waals surface area (Å²) in [5.74, 6) is 0.842. The average Bonchev–Trinajstić information content (AvgIpc) is 2.94.